The Bertz CT molecular complexity index is 547. The molecule has 0 unspecified atom stereocenters. The maximum Gasteiger partial charge on any atom is 0.224 e. The van der Waals surface area contributed by atoms with E-state index in [-0.39, 0.29) is 5.12 Å². The molecule has 0 heterocycles. The highest BCUT2D eigenvalue weighted by Crippen LogP contribution is 2.24. The quantitative estimate of drug-likeness (QED) is 0.780. The molecule has 0 N–H and O–H groups in total. The molecule has 2 aromatic carbocycles. The Labute approximate surface area is 111 Å². The zero-order chi connectivity index (χ0) is 13.0. The molecule has 0 amide bonds. The van der Waals surface area contributed by atoms with E-state index in [1.165, 1.54) is 17.3 Å². The van der Waals surface area contributed by atoms with Gasteiger partial charge in [0.1, 0.15) is 5.75 Å². The highest BCUT2D eigenvalue weighted by molar-refractivity contribution is 8.14. The molecule has 0 aromatic heterocycles. The number of methoxy groups -OCH3 is 1. The monoisotopic (exact) mass is 258 g/mol. The van der Waals surface area contributed by atoms with Gasteiger partial charge in [-0.25, -0.2) is 0 Å². The van der Waals surface area contributed by atoms with E-state index in [9.17, 15) is 4.79 Å². The van der Waals surface area contributed by atoms with Gasteiger partial charge in [-0.05, 0) is 43.0 Å². The van der Waals surface area contributed by atoms with Gasteiger partial charge < -0.3 is 4.74 Å². The SMILES string of the molecule is COc1cccc(C(=O)Sc2ccc(C)cc2)c1. The third-order valence-corrected chi connectivity index (χ3v) is 3.47. The molecule has 3 heteroatoms. The van der Waals surface area contributed by atoms with Crippen molar-refractivity contribution in [2.75, 3.05) is 7.11 Å². The van der Waals surface area contributed by atoms with Crippen LogP contribution in [0, 0.1) is 6.92 Å². The lowest BCUT2D eigenvalue weighted by Crippen LogP contribution is -1.94. The molecule has 18 heavy (non-hydrogen) atoms. The fourth-order valence-corrected chi connectivity index (χ4v) is 2.25. The van der Waals surface area contributed by atoms with Crippen LogP contribution in [0.15, 0.2) is 53.4 Å². The second kappa shape index (κ2) is 5.74. The fraction of sp³-hybridized carbons (Fsp3) is 0.133. The number of thioether (sulfide) groups is 1. The summed E-state index contributed by atoms with van der Waals surface area (Å²) in [6, 6.07) is 15.1. The molecular weight excluding hydrogens is 244 g/mol. The van der Waals surface area contributed by atoms with Crippen molar-refractivity contribution in [3.8, 4) is 5.75 Å². The van der Waals surface area contributed by atoms with Crippen molar-refractivity contribution in [2.24, 2.45) is 0 Å². The Morgan fingerprint density at radius 3 is 2.50 bits per heavy atom. The summed E-state index contributed by atoms with van der Waals surface area (Å²) in [6.45, 7) is 2.03. The first kappa shape index (κ1) is 12.7. The Balaban J connectivity index is 2.14. The van der Waals surface area contributed by atoms with Crippen molar-refractivity contribution in [2.45, 2.75) is 11.8 Å². The van der Waals surface area contributed by atoms with Gasteiger partial charge in [-0.3, -0.25) is 4.79 Å². The Hall–Kier alpha value is -1.74. The van der Waals surface area contributed by atoms with Crippen LogP contribution in [-0.4, -0.2) is 12.2 Å². The minimum absolute atomic E-state index is 0.0257. The third kappa shape index (κ3) is 3.14. The molecule has 2 aromatic rings. The normalized spacial score (nSPS) is 10.1. The van der Waals surface area contributed by atoms with Gasteiger partial charge in [-0.1, -0.05) is 29.8 Å². The lowest BCUT2D eigenvalue weighted by molar-refractivity contribution is 0.108. The van der Waals surface area contributed by atoms with Crippen LogP contribution in [0.5, 0.6) is 5.75 Å². The zero-order valence-corrected chi connectivity index (χ0v) is 11.2. The standard InChI is InChI=1S/C15H14O2S/c1-11-6-8-14(9-7-11)18-15(16)12-4-3-5-13(10-12)17-2/h3-10H,1-2H3. The van der Waals surface area contributed by atoms with Gasteiger partial charge in [0.25, 0.3) is 0 Å². The first-order valence-corrected chi connectivity index (χ1v) is 6.43. The molecule has 0 fully saturated rings. The summed E-state index contributed by atoms with van der Waals surface area (Å²) in [4.78, 5) is 13.0. The van der Waals surface area contributed by atoms with Crippen molar-refractivity contribution in [3.05, 3.63) is 59.7 Å². The molecule has 0 aliphatic carbocycles. The maximum atomic E-state index is 12.1. The molecule has 0 aliphatic rings. The summed E-state index contributed by atoms with van der Waals surface area (Å²) in [5, 5.41) is 0.0257. The number of hydrogen-bond donors (Lipinski definition) is 0. The van der Waals surface area contributed by atoms with Crippen LogP contribution in [0.25, 0.3) is 0 Å². The zero-order valence-electron chi connectivity index (χ0n) is 10.3. The van der Waals surface area contributed by atoms with Gasteiger partial charge in [-0.15, -0.1) is 0 Å². The van der Waals surface area contributed by atoms with Crippen LogP contribution in [0.4, 0.5) is 0 Å². The van der Waals surface area contributed by atoms with Gasteiger partial charge in [0.15, 0.2) is 0 Å². The van der Waals surface area contributed by atoms with E-state index in [1.807, 2.05) is 43.3 Å². The number of rotatable bonds is 3. The van der Waals surface area contributed by atoms with E-state index in [4.69, 9.17) is 4.74 Å². The molecule has 0 aliphatic heterocycles. The van der Waals surface area contributed by atoms with Crippen LogP contribution in [-0.2, 0) is 0 Å². The smallest absolute Gasteiger partial charge is 0.224 e. The molecule has 0 spiro atoms. The molecule has 2 rings (SSSR count). The van der Waals surface area contributed by atoms with Gasteiger partial charge in [0, 0.05) is 10.5 Å². The first-order chi connectivity index (χ1) is 8.69. The molecular formula is C15H14O2S. The lowest BCUT2D eigenvalue weighted by Gasteiger charge is -2.04. The highest BCUT2D eigenvalue weighted by atomic mass is 32.2. The van der Waals surface area contributed by atoms with E-state index in [0.717, 1.165) is 4.90 Å². The van der Waals surface area contributed by atoms with Crippen molar-refractivity contribution >= 4 is 16.9 Å². The molecule has 92 valence electrons. The average Bonchev–Trinajstić information content (AvgIpc) is 2.41. The van der Waals surface area contributed by atoms with Gasteiger partial charge >= 0.3 is 0 Å². The predicted molar refractivity (Wildman–Crippen MR) is 74.4 cm³/mol. The molecule has 2 nitrogen and oxygen atoms in total. The van der Waals surface area contributed by atoms with Crippen molar-refractivity contribution in [1.82, 2.24) is 0 Å². The lowest BCUT2D eigenvalue weighted by atomic mass is 10.2. The number of aryl methyl sites for hydroxylation is 1. The molecule has 0 bridgehead atoms. The molecule has 0 saturated carbocycles. The number of carbonyl (C=O) groups excluding carboxylic acids is 1. The van der Waals surface area contributed by atoms with Crippen LogP contribution < -0.4 is 4.74 Å². The number of hydrogen-bond acceptors (Lipinski definition) is 3. The molecule has 0 saturated heterocycles. The van der Waals surface area contributed by atoms with Gasteiger partial charge in [0.05, 0.1) is 7.11 Å². The minimum atomic E-state index is 0.0257. The number of benzene rings is 2. The number of ether oxygens (including phenoxy) is 1. The van der Waals surface area contributed by atoms with Crippen LogP contribution in [0.3, 0.4) is 0 Å². The first-order valence-electron chi connectivity index (χ1n) is 5.62. The Kier molecular flexibility index (Phi) is 4.05. The van der Waals surface area contributed by atoms with E-state index in [1.54, 1.807) is 19.2 Å². The molecule has 0 radical (unpaired) electrons. The van der Waals surface area contributed by atoms with E-state index in [0.29, 0.717) is 11.3 Å². The van der Waals surface area contributed by atoms with Gasteiger partial charge in [0.2, 0.25) is 5.12 Å². The van der Waals surface area contributed by atoms with Crippen molar-refractivity contribution in [3.63, 3.8) is 0 Å². The van der Waals surface area contributed by atoms with Crippen LogP contribution in [0.1, 0.15) is 15.9 Å². The van der Waals surface area contributed by atoms with Crippen LogP contribution in [0.2, 0.25) is 0 Å². The predicted octanol–water partition coefficient (Wildman–Crippen LogP) is 3.94. The van der Waals surface area contributed by atoms with E-state index < -0.39 is 0 Å². The summed E-state index contributed by atoms with van der Waals surface area (Å²) < 4.78 is 5.11. The molecule has 0 atom stereocenters. The van der Waals surface area contributed by atoms with Crippen molar-refractivity contribution in [1.29, 1.82) is 0 Å². The average molecular weight is 258 g/mol. The van der Waals surface area contributed by atoms with E-state index in [2.05, 4.69) is 0 Å². The summed E-state index contributed by atoms with van der Waals surface area (Å²) >= 11 is 1.23. The minimum Gasteiger partial charge on any atom is -0.497 e. The largest absolute Gasteiger partial charge is 0.497 e. The van der Waals surface area contributed by atoms with Crippen molar-refractivity contribution < 1.29 is 9.53 Å². The third-order valence-electron chi connectivity index (χ3n) is 2.54. The van der Waals surface area contributed by atoms with E-state index >= 15 is 0 Å². The second-order valence-electron chi connectivity index (χ2n) is 3.93. The summed E-state index contributed by atoms with van der Waals surface area (Å²) in [7, 11) is 1.59. The topological polar surface area (TPSA) is 26.3 Å². The second-order valence-corrected chi connectivity index (χ2v) is 4.98. The Morgan fingerprint density at radius 2 is 1.83 bits per heavy atom. The van der Waals surface area contributed by atoms with Gasteiger partial charge in [-0.2, -0.15) is 0 Å². The Morgan fingerprint density at radius 1 is 1.11 bits per heavy atom. The number of carbonyl (C=O) groups is 1. The highest BCUT2D eigenvalue weighted by Gasteiger charge is 2.08. The summed E-state index contributed by atoms with van der Waals surface area (Å²) in [5.74, 6) is 0.699. The maximum absolute atomic E-state index is 12.1. The van der Waals surface area contributed by atoms with Crippen LogP contribution >= 0.6 is 11.8 Å². The summed E-state index contributed by atoms with van der Waals surface area (Å²) in [5.41, 5.74) is 1.84. The summed E-state index contributed by atoms with van der Waals surface area (Å²) in [6.07, 6.45) is 0. The fourth-order valence-electron chi connectivity index (χ4n) is 1.52.